The summed E-state index contributed by atoms with van der Waals surface area (Å²) in [7, 11) is 0. The van der Waals surface area contributed by atoms with Crippen LogP contribution in [0.2, 0.25) is 0 Å². The molecule has 0 fully saturated rings. The molecule has 0 aliphatic rings. The third-order valence-corrected chi connectivity index (χ3v) is 2.76. The summed E-state index contributed by atoms with van der Waals surface area (Å²) in [5.41, 5.74) is 0.882. The van der Waals surface area contributed by atoms with E-state index >= 15 is 0 Å². The van der Waals surface area contributed by atoms with Crippen LogP contribution < -0.4 is 9.47 Å². The van der Waals surface area contributed by atoms with Crippen molar-refractivity contribution in [2.75, 3.05) is 13.2 Å². The number of nitrogens with zero attached hydrogens (tertiary/aromatic N) is 2. The van der Waals surface area contributed by atoms with E-state index in [-0.39, 0.29) is 0 Å². The van der Waals surface area contributed by atoms with Crippen molar-refractivity contribution in [2.24, 2.45) is 0 Å². The fraction of sp³-hybridized carbons (Fsp3) is 0.556. The molecule has 0 unspecified atom stereocenters. The fourth-order valence-corrected chi connectivity index (χ4v) is 1.33. The van der Waals surface area contributed by atoms with Crippen molar-refractivity contribution in [2.45, 2.75) is 20.8 Å². The van der Waals surface area contributed by atoms with Gasteiger partial charge in [0.05, 0.1) is 22.5 Å². The first-order chi connectivity index (χ1) is 6.69. The van der Waals surface area contributed by atoms with Crippen LogP contribution in [0, 0.1) is 10.5 Å². The summed E-state index contributed by atoms with van der Waals surface area (Å²) in [6.45, 7) is 6.89. The van der Waals surface area contributed by atoms with Gasteiger partial charge in [-0.05, 0) is 43.4 Å². The molecule has 0 saturated carbocycles. The van der Waals surface area contributed by atoms with Crippen LogP contribution in [0.5, 0.6) is 11.9 Å². The van der Waals surface area contributed by atoms with Gasteiger partial charge in [0.25, 0.3) is 0 Å². The highest BCUT2D eigenvalue weighted by molar-refractivity contribution is 14.1. The molecule has 14 heavy (non-hydrogen) atoms. The van der Waals surface area contributed by atoms with Crippen LogP contribution in [-0.2, 0) is 0 Å². The van der Waals surface area contributed by atoms with Gasteiger partial charge in [-0.1, -0.05) is 0 Å². The average molecular weight is 308 g/mol. The zero-order chi connectivity index (χ0) is 10.6. The van der Waals surface area contributed by atoms with Gasteiger partial charge >= 0.3 is 6.01 Å². The number of halogens is 1. The number of rotatable bonds is 4. The molecule has 0 atom stereocenters. The lowest BCUT2D eigenvalue weighted by atomic mass is 10.4. The smallest absolute Gasteiger partial charge is 0.319 e. The van der Waals surface area contributed by atoms with Crippen LogP contribution in [0.15, 0.2) is 0 Å². The summed E-state index contributed by atoms with van der Waals surface area (Å²) in [4.78, 5) is 8.33. The van der Waals surface area contributed by atoms with Gasteiger partial charge in [0.1, 0.15) is 0 Å². The van der Waals surface area contributed by atoms with Crippen LogP contribution in [-0.4, -0.2) is 23.2 Å². The molecule has 0 aliphatic heterocycles. The van der Waals surface area contributed by atoms with E-state index in [0.717, 1.165) is 9.26 Å². The highest BCUT2D eigenvalue weighted by Gasteiger charge is 2.10. The normalized spacial score (nSPS) is 10.0. The summed E-state index contributed by atoms with van der Waals surface area (Å²) in [6.07, 6.45) is 0. The van der Waals surface area contributed by atoms with Crippen molar-refractivity contribution in [1.82, 2.24) is 9.97 Å². The molecule has 0 amide bonds. The number of hydrogen-bond donors (Lipinski definition) is 0. The monoisotopic (exact) mass is 308 g/mol. The number of hydrogen-bond acceptors (Lipinski definition) is 4. The Morgan fingerprint density at radius 2 is 1.79 bits per heavy atom. The Balaban J connectivity index is 3.01. The number of ether oxygens (including phenoxy) is 2. The second-order valence-electron chi connectivity index (χ2n) is 2.58. The van der Waals surface area contributed by atoms with E-state index in [4.69, 9.17) is 9.47 Å². The minimum absolute atomic E-state index is 0.383. The molecule has 0 spiro atoms. The molecule has 1 heterocycles. The molecule has 78 valence electrons. The maximum Gasteiger partial charge on any atom is 0.319 e. The quantitative estimate of drug-likeness (QED) is 0.800. The first kappa shape index (κ1) is 11.5. The number of aryl methyl sites for hydroxylation is 1. The fourth-order valence-electron chi connectivity index (χ4n) is 0.934. The van der Waals surface area contributed by atoms with Gasteiger partial charge in [0, 0.05) is 0 Å². The zero-order valence-corrected chi connectivity index (χ0v) is 10.7. The van der Waals surface area contributed by atoms with Gasteiger partial charge in [0.15, 0.2) is 0 Å². The van der Waals surface area contributed by atoms with E-state index in [0.29, 0.717) is 25.1 Å². The van der Waals surface area contributed by atoms with E-state index in [9.17, 15) is 0 Å². The van der Waals surface area contributed by atoms with Crippen LogP contribution in [0.25, 0.3) is 0 Å². The molecule has 1 aromatic heterocycles. The first-order valence-electron chi connectivity index (χ1n) is 4.48. The maximum atomic E-state index is 5.37. The van der Waals surface area contributed by atoms with E-state index in [1.165, 1.54) is 0 Å². The Bertz CT molecular complexity index is 318. The largest absolute Gasteiger partial charge is 0.477 e. The molecule has 5 heteroatoms. The predicted octanol–water partition coefficient (Wildman–Crippen LogP) is 2.19. The van der Waals surface area contributed by atoms with Crippen molar-refractivity contribution in [1.29, 1.82) is 0 Å². The lowest BCUT2D eigenvalue weighted by molar-refractivity contribution is 0.286. The van der Waals surface area contributed by atoms with E-state index < -0.39 is 0 Å². The molecule has 0 bridgehead atoms. The van der Waals surface area contributed by atoms with Gasteiger partial charge in [-0.3, -0.25) is 0 Å². The van der Waals surface area contributed by atoms with Crippen molar-refractivity contribution in [3.8, 4) is 11.9 Å². The zero-order valence-electron chi connectivity index (χ0n) is 8.50. The molecule has 0 aliphatic carbocycles. The highest BCUT2D eigenvalue weighted by Crippen LogP contribution is 2.23. The van der Waals surface area contributed by atoms with Crippen LogP contribution >= 0.6 is 22.6 Å². The van der Waals surface area contributed by atoms with E-state index in [1.807, 2.05) is 20.8 Å². The van der Waals surface area contributed by atoms with Gasteiger partial charge in [-0.15, -0.1) is 0 Å². The first-order valence-corrected chi connectivity index (χ1v) is 5.56. The van der Waals surface area contributed by atoms with Crippen molar-refractivity contribution in [3.05, 3.63) is 9.26 Å². The summed E-state index contributed by atoms with van der Waals surface area (Å²) < 4.78 is 11.5. The second-order valence-corrected chi connectivity index (χ2v) is 3.66. The Morgan fingerprint density at radius 1 is 1.14 bits per heavy atom. The van der Waals surface area contributed by atoms with Crippen LogP contribution in [0.4, 0.5) is 0 Å². The molecule has 0 saturated heterocycles. The van der Waals surface area contributed by atoms with E-state index in [1.54, 1.807) is 0 Å². The standard InChI is InChI=1S/C9H13IN2O2/c1-4-13-8-7(10)6(3)11-9(12-8)14-5-2/h4-5H2,1-3H3. The van der Waals surface area contributed by atoms with Crippen molar-refractivity contribution < 1.29 is 9.47 Å². The average Bonchev–Trinajstić information content (AvgIpc) is 2.14. The Morgan fingerprint density at radius 3 is 2.36 bits per heavy atom. The molecular formula is C9H13IN2O2. The van der Waals surface area contributed by atoms with Crippen molar-refractivity contribution >= 4 is 22.6 Å². The second kappa shape index (κ2) is 5.33. The molecule has 1 rings (SSSR count). The number of aromatic nitrogens is 2. The molecule has 4 nitrogen and oxygen atoms in total. The predicted molar refractivity (Wildman–Crippen MR) is 61.8 cm³/mol. The minimum Gasteiger partial charge on any atom is -0.477 e. The molecule has 0 aromatic carbocycles. The van der Waals surface area contributed by atoms with Gasteiger partial charge in [0.2, 0.25) is 5.88 Å². The van der Waals surface area contributed by atoms with Crippen molar-refractivity contribution in [3.63, 3.8) is 0 Å². The Kier molecular flexibility index (Phi) is 4.37. The summed E-state index contributed by atoms with van der Waals surface area (Å²) in [5.74, 6) is 0.601. The van der Waals surface area contributed by atoms with Crippen LogP contribution in [0.1, 0.15) is 19.5 Å². The summed E-state index contributed by atoms with van der Waals surface area (Å²) >= 11 is 2.17. The van der Waals surface area contributed by atoms with Gasteiger partial charge in [-0.25, -0.2) is 0 Å². The molecule has 1 aromatic rings. The Hall–Kier alpha value is -0.590. The SMILES string of the molecule is CCOc1nc(C)c(I)c(OCC)n1. The molecule has 0 N–H and O–H groups in total. The topological polar surface area (TPSA) is 44.2 Å². The van der Waals surface area contributed by atoms with Gasteiger partial charge < -0.3 is 9.47 Å². The summed E-state index contributed by atoms with van der Waals surface area (Å²) in [6, 6.07) is 0.383. The summed E-state index contributed by atoms with van der Waals surface area (Å²) in [5, 5.41) is 0. The molecule has 0 radical (unpaired) electrons. The van der Waals surface area contributed by atoms with Gasteiger partial charge in [-0.2, -0.15) is 9.97 Å². The van der Waals surface area contributed by atoms with E-state index in [2.05, 4.69) is 32.6 Å². The Labute approximate surface area is 97.2 Å². The third kappa shape index (κ3) is 2.70. The van der Waals surface area contributed by atoms with Crippen LogP contribution in [0.3, 0.4) is 0 Å². The minimum atomic E-state index is 0.383. The molecular weight excluding hydrogens is 295 g/mol. The lowest BCUT2D eigenvalue weighted by Crippen LogP contribution is -2.05. The highest BCUT2D eigenvalue weighted by atomic mass is 127. The lowest BCUT2D eigenvalue weighted by Gasteiger charge is -2.08. The third-order valence-electron chi connectivity index (χ3n) is 1.52. The maximum absolute atomic E-state index is 5.37.